The van der Waals surface area contributed by atoms with Gasteiger partial charge >= 0.3 is 0 Å². The van der Waals surface area contributed by atoms with Crippen molar-refractivity contribution in [3.05, 3.63) is 75.8 Å². The maximum atomic E-state index is 6.58. The molecule has 3 nitrogen and oxygen atoms in total. The maximum Gasteiger partial charge on any atom is 0.198 e. The van der Waals surface area contributed by atoms with E-state index in [2.05, 4.69) is 47.5 Å². The molecular weight excluding hydrogens is 403 g/mol. The monoisotopic (exact) mass is 422 g/mol. The second-order valence-corrected chi connectivity index (χ2v) is 9.04. The van der Waals surface area contributed by atoms with Gasteiger partial charge in [-0.3, -0.25) is 0 Å². The summed E-state index contributed by atoms with van der Waals surface area (Å²) in [7, 11) is 0. The smallest absolute Gasteiger partial charge is 0.198 e. The van der Waals surface area contributed by atoms with Crippen molar-refractivity contribution in [2.75, 3.05) is 0 Å². The number of hydrogen-bond acceptors (Lipinski definition) is 3. The lowest BCUT2D eigenvalue weighted by Gasteiger charge is -2.46. The van der Waals surface area contributed by atoms with E-state index in [4.69, 9.17) is 33.0 Å². The summed E-state index contributed by atoms with van der Waals surface area (Å²) >= 11 is 12.9. The van der Waals surface area contributed by atoms with Gasteiger partial charge in [0, 0.05) is 35.4 Å². The van der Waals surface area contributed by atoms with Gasteiger partial charge in [0.2, 0.25) is 0 Å². The molecule has 1 aliphatic carbocycles. The van der Waals surface area contributed by atoms with Crippen molar-refractivity contribution in [1.82, 2.24) is 5.01 Å². The molecule has 3 aliphatic rings. The summed E-state index contributed by atoms with van der Waals surface area (Å²) in [4.78, 5) is 0. The van der Waals surface area contributed by atoms with Gasteiger partial charge < -0.3 is 4.74 Å². The van der Waals surface area contributed by atoms with E-state index in [9.17, 15) is 0 Å². The van der Waals surface area contributed by atoms with Crippen LogP contribution in [0.3, 0.4) is 0 Å². The molecule has 29 heavy (non-hydrogen) atoms. The molecule has 2 aliphatic heterocycles. The highest BCUT2D eigenvalue weighted by Gasteiger charge is 2.52. The fourth-order valence-electron chi connectivity index (χ4n) is 5.20. The Kier molecular flexibility index (Phi) is 3.88. The Hall–Kier alpha value is -2.23. The summed E-state index contributed by atoms with van der Waals surface area (Å²) in [5.74, 6) is 0.786. The molecule has 1 fully saturated rings. The molecular formula is C24H20Cl2N2O. The molecule has 0 unspecified atom stereocenters. The van der Waals surface area contributed by atoms with Gasteiger partial charge in [-0.1, -0.05) is 65.7 Å². The van der Waals surface area contributed by atoms with Crippen molar-refractivity contribution in [1.29, 1.82) is 0 Å². The Labute approximate surface area is 179 Å². The summed E-state index contributed by atoms with van der Waals surface area (Å²) in [6, 6.07) is 18.8. The summed E-state index contributed by atoms with van der Waals surface area (Å²) in [6.07, 6.45) is 5.04. The van der Waals surface area contributed by atoms with Crippen molar-refractivity contribution < 1.29 is 4.74 Å². The fraction of sp³-hybridized carbons (Fsp3) is 0.292. The van der Waals surface area contributed by atoms with Crippen LogP contribution >= 0.6 is 23.2 Å². The first-order valence-corrected chi connectivity index (χ1v) is 10.9. The molecule has 3 aromatic carbocycles. The van der Waals surface area contributed by atoms with Gasteiger partial charge in [0.25, 0.3) is 0 Å². The molecule has 1 saturated carbocycles. The van der Waals surface area contributed by atoms with E-state index in [1.54, 1.807) is 6.07 Å². The highest BCUT2D eigenvalue weighted by molar-refractivity contribution is 6.35. The summed E-state index contributed by atoms with van der Waals surface area (Å²) < 4.78 is 6.58. The number of ether oxygens (including phenoxy) is 1. The molecule has 0 amide bonds. The van der Waals surface area contributed by atoms with E-state index in [-0.39, 0.29) is 6.04 Å². The SMILES string of the molecule is Clc1cc(Cl)c2c(c1)[C@H]1CC(c3cccc4ccccc34)=NN1C1(CCCC1)O2. The van der Waals surface area contributed by atoms with Gasteiger partial charge in [-0.2, -0.15) is 5.10 Å². The molecule has 1 atom stereocenters. The van der Waals surface area contributed by atoms with Crippen LogP contribution in [0.4, 0.5) is 0 Å². The Morgan fingerprint density at radius 3 is 2.66 bits per heavy atom. The van der Waals surface area contributed by atoms with Crippen LogP contribution in [0.25, 0.3) is 10.8 Å². The van der Waals surface area contributed by atoms with Crippen molar-refractivity contribution in [2.24, 2.45) is 5.10 Å². The highest BCUT2D eigenvalue weighted by Crippen LogP contribution is 2.54. The van der Waals surface area contributed by atoms with Crippen LogP contribution < -0.4 is 4.74 Å². The second-order valence-electron chi connectivity index (χ2n) is 8.20. The van der Waals surface area contributed by atoms with Gasteiger partial charge in [-0.15, -0.1) is 0 Å². The lowest BCUT2D eigenvalue weighted by Crippen LogP contribution is -2.51. The van der Waals surface area contributed by atoms with E-state index in [0.29, 0.717) is 10.0 Å². The van der Waals surface area contributed by atoms with E-state index < -0.39 is 5.72 Å². The van der Waals surface area contributed by atoms with Crippen LogP contribution in [0.15, 0.2) is 59.7 Å². The molecule has 6 rings (SSSR count). The largest absolute Gasteiger partial charge is 0.465 e. The van der Waals surface area contributed by atoms with E-state index in [1.807, 2.05) is 6.07 Å². The molecule has 0 bridgehead atoms. The number of nitrogens with zero attached hydrogens (tertiary/aromatic N) is 2. The predicted octanol–water partition coefficient (Wildman–Crippen LogP) is 6.96. The predicted molar refractivity (Wildman–Crippen MR) is 118 cm³/mol. The molecule has 0 radical (unpaired) electrons. The highest BCUT2D eigenvalue weighted by atomic mass is 35.5. The Morgan fingerprint density at radius 1 is 1.00 bits per heavy atom. The molecule has 0 aromatic heterocycles. The quantitative estimate of drug-likeness (QED) is 0.423. The lowest BCUT2D eigenvalue weighted by atomic mass is 9.92. The molecule has 2 heterocycles. The molecule has 1 spiro atoms. The minimum Gasteiger partial charge on any atom is -0.465 e. The molecule has 146 valence electrons. The van der Waals surface area contributed by atoms with Gasteiger partial charge in [-0.25, -0.2) is 5.01 Å². The van der Waals surface area contributed by atoms with Crippen LogP contribution in [-0.4, -0.2) is 16.4 Å². The molecule has 0 saturated heterocycles. The van der Waals surface area contributed by atoms with Gasteiger partial charge in [0.05, 0.1) is 16.8 Å². The van der Waals surface area contributed by atoms with E-state index in [1.165, 1.54) is 16.3 Å². The van der Waals surface area contributed by atoms with Crippen molar-refractivity contribution in [2.45, 2.75) is 43.9 Å². The second kappa shape index (κ2) is 6.38. The van der Waals surface area contributed by atoms with Crippen LogP contribution in [0.1, 0.15) is 49.3 Å². The Morgan fingerprint density at radius 2 is 1.79 bits per heavy atom. The third kappa shape index (κ3) is 2.60. The summed E-state index contributed by atoms with van der Waals surface area (Å²) in [5, 5.41) is 11.1. The van der Waals surface area contributed by atoms with E-state index in [0.717, 1.165) is 49.1 Å². The third-order valence-electron chi connectivity index (χ3n) is 6.50. The van der Waals surface area contributed by atoms with E-state index >= 15 is 0 Å². The number of benzene rings is 3. The third-order valence-corrected chi connectivity index (χ3v) is 7.00. The van der Waals surface area contributed by atoms with Crippen molar-refractivity contribution >= 4 is 39.7 Å². The van der Waals surface area contributed by atoms with Crippen LogP contribution in [0, 0.1) is 0 Å². The molecule has 3 aromatic rings. The molecule has 0 N–H and O–H groups in total. The topological polar surface area (TPSA) is 24.8 Å². The lowest BCUT2D eigenvalue weighted by molar-refractivity contribution is -0.114. The number of fused-ring (bicyclic) bond motifs is 5. The zero-order chi connectivity index (χ0) is 19.6. The van der Waals surface area contributed by atoms with Crippen LogP contribution in [-0.2, 0) is 0 Å². The number of halogens is 2. The normalized spacial score (nSPS) is 21.8. The first-order valence-electron chi connectivity index (χ1n) is 10.2. The van der Waals surface area contributed by atoms with Crippen LogP contribution in [0.5, 0.6) is 5.75 Å². The van der Waals surface area contributed by atoms with Gasteiger partial charge in [-0.05, 0) is 35.7 Å². The fourth-order valence-corrected chi connectivity index (χ4v) is 5.75. The van der Waals surface area contributed by atoms with Crippen molar-refractivity contribution in [3.8, 4) is 5.75 Å². The first kappa shape index (κ1) is 17.6. The average molecular weight is 423 g/mol. The molecule has 5 heteroatoms. The van der Waals surface area contributed by atoms with Crippen molar-refractivity contribution in [3.63, 3.8) is 0 Å². The number of hydrogen-bond donors (Lipinski definition) is 0. The number of hydrazone groups is 1. The maximum absolute atomic E-state index is 6.58. The summed E-state index contributed by atoms with van der Waals surface area (Å²) in [6.45, 7) is 0. The van der Waals surface area contributed by atoms with Gasteiger partial charge in [0.1, 0.15) is 5.75 Å². The minimum atomic E-state index is -0.401. The Bertz CT molecular complexity index is 1160. The zero-order valence-corrected chi connectivity index (χ0v) is 17.4. The van der Waals surface area contributed by atoms with Gasteiger partial charge in [0.15, 0.2) is 5.72 Å². The van der Waals surface area contributed by atoms with Crippen LogP contribution in [0.2, 0.25) is 10.0 Å². The summed E-state index contributed by atoms with van der Waals surface area (Å²) in [5.41, 5.74) is 2.94. The zero-order valence-electron chi connectivity index (χ0n) is 15.9. The number of rotatable bonds is 1. The first-order chi connectivity index (χ1) is 14.1. The minimum absolute atomic E-state index is 0.0991. The average Bonchev–Trinajstić information content (AvgIpc) is 3.37. The standard InChI is InChI=1S/C24H20Cl2N2O/c25-16-12-19-22-14-21(18-9-5-7-15-6-1-2-8-17(15)18)27-28(22)24(10-3-4-11-24)29-23(19)20(26)13-16/h1-2,5-9,12-13,22H,3-4,10-11,14H2/t22-/m1/s1. The Balaban J connectivity index is 1.52.